The van der Waals surface area contributed by atoms with Gasteiger partial charge < -0.3 is 20.1 Å². The monoisotopic (exact) mass is 383 g/mol. The first-order valence-electron chi connectivity index (χ1n) is 10.1. The number of fused-ring (bicyclic) bond motifs is 1. The van der Waals surface area contributed by atoms with Gasteiger partial charge in [-0.2, -0.15) is 4.98 Å². The number of rotatable bonds is 5. The van der Waals surface area contributed by atoms with Crippen LogP contribution in [0.15, 0.2) is 30.3 Å². The molecular weight excluding hydrogens is 354 g/mol. The molecule has 0 aliphatic carbocycles. The predicted molar refractivity (Wildman–Crippen MR) is 110 cm³/mol. The van der Waals surface area contributed by atoms with Crippen LogP contribution in [0.3, 0.4) is 0 Å². The second-order valence-electron chi connectivity index (χ2n) is 7.68. The van der Waals surface area contributed by atoms with E-state index < -0.39 is 0 Å². The average molecular weight is 383 g/mol. The molecular formula is C21H29N5O2. The molecule has 1 aromatic carbocycles. The summed E-state index contributed by atoms with van der Waals surface area (Å²) in [7, 11) is 0. The van der Waals surface area contributed by atoms with Crippen molar-refractivity contribution in [3.63, 3.8) is 0 Å². The molecule has 0 bridgehead atoms. The van der Waals surface area contributed by atoms with E-state index in [9.17, 15) is 5.11 Å². The zero-order valence-corrected chi connectivity index (χ0v) is 16.6. The van der Waals surface area contributed by atoms with Gasteiger partial charge in [-0.05, 0) is 37.6 Å². The Morgan fingerprint density at radius 3 is 2.79 bits per heavy atom. The molecule has 2 N–H and O–H groups in total. The lowest BCUT2D eigenvalue weighted by atomic mass is 10.0. The molecule has 1 aromatic heterocycles. The normalized spacial score (nSPS) is 22.7. The second kappa shape index (κ2) is 8.32. The Bertz CT molecular complexity index is 796. The number of anilines is 3. The van der Waals surface area contributed by atoms with Gasteiger partial charge in [-0.25, -0.2) is 4.98 Å². The van der Waals surface area contributed by atoms with Gasteiger partial charge in [0.2, 0.25) is 5.95 Å². The minimum atomic E-state index is 0.241. The van der Waals surface area contributed by atoms with E-state index in [2.05, 4.69) is 27.0 Å². The summed E-state index contributed by atoms with van der Waals surface area (Å²) >= 11 is 0. The van der Waals surface area contributed by atoms with Crippen LogP contribution in [-0.2, 0) is 4.74 Å². The number of aromatic nitrogens is 2. The molecule has 2 fully saturated rings. The third-order valence-corrected chi connectivity index (χ3v) is 5.53. The minimum Gasteiger partial charge on any atom is -0.508 e. The number of phenols is 1. The van der Waals surface area contributed by atoms with Crippen LogP contribution < -0.4 is 10.2 Å². The zero-order valence-electron chi connectivity index (χ0n) is 16.6. The number of piperazine rings is 1. The molecule has 0 amide bonds. The topological polar surface area (TPSA) is 73.8 Å². The molecule has 28 heavy (non-hydrogen) atoms. The molecule has 7 nitrogen and oxygen atoms in total. The summed E-state index contributed by atoms with van der Waals surface area (Å²) in [5, 5.41) is 12.7. The summed E-state index contributed by atoms with van der Waals surface area (Å²) in [6.07, 6.45) is 2.39. The first-order valence-corrected chi connectivity index (χ1v) is 10.1. The van der Waals surface area contributed by atoms with Crippen molar-refractivity contribution < 1.29 is 9.84 Å². The molecule has 2 atom stereocenters. The fourth-order valence-corrected chi connectivity index (χ4v) is 4.17. The van der Waals surface area contributed by atoms with Gasteiger partial charge in [0, 0.05) is 43.1 Å². The number of benzene rings is 1. The SMILES string of the molecule is CCC[C@H]1COC[C@H]2CN(c3cc(C)nc(Nc4ccc(O)cc4)n3)CCN12. The highest BCUT2D eigenvalue weighted by atomic mass is 16.5. The number of phenolic OH excluding ortho intramolecular Hbond substituents is 1. The van der Waals surface area contributed by atoms with Crippen LogP contribution in [0.2, 0.25) is 0 Å². The molecule has 2 saturated heterocycles. The van der Waals surface area contributed by atoms with E-state index in [4.69, 9.17) is 9.72 Å². The number of hydrogen-bond acceptors (Lipinski definition) is 7. The highest BCUT2D eigenvalue weighted by Crippen LogP contribution is 2.26. The van der Waals surface area contributed by atoms with Crippen LogP contribution in [-0.4, -0.2) is 64.9 Å². The lowest BCUT2D eigenvalue weighted by Gasteiger charge is -2.48. The largest absolute Gasteiger partial charge is 0.508 e. The summed E-state index contributed by atoms with van der Waals surface area (Å²) in [6.45, 7) is 8.82. The summed E-state index contributed by atoms with van der Waals surface area (Å²) in [6, 6.07) is 9.93. The van der Waals surface area contributed by atoms with Crippen LogP contribution in [0, 0.1) is 6.92 Å². The smallest absolute Gasteiger partial charge is 0.229 e. The first-order chi connectivity index (χ1) is 13.6. The number of aryl methyl sites for hydroxylation is 1. The maximum atomic E-state index is 9.45. The number of ether oxygens (including phenoxy) is 1. The summed E-state index contributed by atoms with van der Waals surface area (Å²) in [4.78, 5) is 14.2. The van der Waals surface area contributed by atoms with Gasteiger partial charge in [0.05, 0.1) is 19.3 Å². The van der Waals surface area contributed by atoms with Crippen LogP contribution in [0.1, 0.15) is 25.5 Å². The number of aromatic hydroxyl groups is 1. The van der Waals surface area contributed by atoms with E-state index in [0.29, 0.717) is 18.0 Å². The van der Waals surface area contributed by atoms with Crippen molar-refractivity contribution in [3.05, 3.63) is 36.0 Å². The van der Waals surface area contributed by atoms with Gasteiger partial charge in [0.25, 0.3) is 0 Å². The van der Waals surface area contributed by atoms with E-state index in [0.717, 1.165) is 50.0 Å². The molecule has 0 saturated carbocycles. The molecule has 7 heteroatoms. The van der Waals surface area contributed by atoms with Gasteiger partial charge >= 0.3 is 0 Å². The molecule has 3 heterocycles. The van der Waals surface area contributed by atoms with Crippen LogP contribution in [0.5, 0.6) is 5.75 Å². The fraction of sp³-hybridized carbons (Fsp3) is 0.524. The lowest BCUT2D eigenvalue weighted by molar-refractivity contribution is -0.0558. The van der Waals surface area contributed by atoms with Crippen LogP contribution in [0.4, 0.5) is 17.5 Å². The average Bonchev–Trinajstić information content (AvgIpc) is 2.69. The van der Waals surface area contributed by atoms with Crippen molar-refractivity contribution in [2.24, 2.45) is 0 Å². The minimum absolute atomic E-state index is 0.241. The predicted octanol–water partition coefficient (Wildman–Crippen LogP) is 2.92. The Balaban J connectivity index is 1.48. The van der Waals surface area contributed by atoms with Crippen molar-refractivity contribution in [1.29, 1.82) is 0 Å². The van der Waals surface area contributed by atoms with E-state index >= 15 is 0 Å². The third-order valence-electron chi connectivity index (χ3n) is 5.53. The van der Waals surface area contributed by atoms with Crippen LogP contribution in [0.25, 0.3) is 0 Å². The standard InChI is InChI=1S/C21H29N5O2/c1-3-4-17-13-28-14-18-12-25(9-10-26(17)18)20-11-15(2)22-21(24-20)23-16-5-7-19(27)8-6-16/h5-8,11,17-18,27H,3-4,9-10,12-14H2,1-2H3,(H,22,23,24)/t17-,18+/m0/s1. The summed E-state index contributed by atoms with van der Waals surface area (Å²) in [5.41, 5.74) is 1.78. The molecule has 150 valence electrons. The lowest BCUT2D eigenvalue weighted by Crippen LogP contribution is -2.62. The quantitative estimate of drug-likeness (QED) is 0.769. The Kier molecular flexibility index (Phi) is 5.64. The fourth-order valence-electron chi connectivity index (χ4n) is 4.17. The maximum Gasteiger partial charge on any atom is 0.229 e. The molecule has 2 aliphatic heterocycles. The number of morpholine rings is 1. The van der Waals surface area contributed by atoms with Crippen molar-refractivity contribution >= 4 is 17.5 Å². The van der Waals surface area contributed by atoms with E-state index in [-0.39, 0.29) is 5.75 Å². The third kappa shape index (κ3) is 4.20. The Hall–Kier alpha value is -2.38. The zero-order chi connectivity index (χ0) is 19.5. The van der Waals surface area contributed by atoms with Gasteiger partial charge in [-0.3, -0.25) is 4.90 Å². The van der Waals surface area contributed by atoms with E-state index in [1.165, 1.54) is 12.8 Å². The number of nitrogens with zero attached hydrogens (tertiary/aromatic N) is 4. The number of nitrogens with one attached hydrogen (secondary N) is 1. The van der Waals surface area contributed by atoms with Crippen molar-refractivity contribution in [1.82, 2.24) is 14.9 Å². The van der Waals surface area contributed by atoms with Gasteiger partial charge in [-0.1, -0.05) is 13.3 Å². The Labute approximate surface area is 166 Å². The van der Waals surface area contributed by atoms with E-state index in [1.807, 2.05) is 25.1 Å². The van der Waals surface area contributed by atoms with Crippen molar-refractivity contribution in [3.8, 4) is 5.75 Å². The van der Waals surface area contributed by atoms with Crippen molar-refractivity contribution in [2.75, 3.05) is 43.1 Å². The molecule has 0 unspecified atom stereocenters. The summed E-state index contributed by atoms with van der Waals surface area (Å²) in [5.74, 6) is 1.77. The van der Waals surface area contributed by atoms with Gasteiger partial charge in [-0.15, -0.1) is 0 Å². The van der Waals surface area contributed by atoms with Gasteiger partial charge in [0.1, 0.15) is 11.6 Å². The summed E-state index contributed by atoms with van der Waals surface area (Å²) < 4.78 is 5.89. The van der Waals surface area contributed by atoms with Gasteiger partial charge in [0.15, 0.2) is 0 Å². The first kappa shape index (κ1) is 19.0. The Morgan fingerprint density at radius 1 is 1.18 bits per heavy atom. The maximum absolute atomic E-state index is 9.45. The molecule has 0 radical (unpaired) electrons. The molecule has 4 rings (SSSR count). The van der Waals surface area contributed by atoms with Crippen LogP contribution >= 0.6 is 0 Å². The van der Waals surface area contributed by atoms with Crippen molar-refractivity contribution in [2.45, 2.75) is 38.8 Å². The molecule has 0 spiro atoms. The highest BCUT2D eigenvalue weighted by Gasteiger charge is 2.35. The van der Waals surface area contributed by atoms with E-state index in [1.54, 1.807) is 12.1 Å². The number of hydrogen-bond donors (Lipinski definition) is 2. The second-order valence-corrected chi connectivity index (χ2v) is 7.68. The highest BCUT2D eigenvalue weighted by molar-refractivity contribution is 5.56. The molecule has 2 aromatic rings. The molecule has 2 aliphatic rings. The Morgan fingerprint density at radius 2 is 2.00 bits per heavy atom.